The maximum absolute atomic E-state index is 12.8. The first-order valence-corrected chi connectivity index (χ1v) is 10.4. The molecule has 7 nitrogen and oxygen atoms in total. The van der Waals surface area contributed by atoms with Crippen molar-refractivity contribution in [2.24, 2.45) is 0 Å². The zero-order chi connectivity index (χ0) is 19.5. The molecule has 1 aliphatic carbocycles. The van der Waals surface area contributed by atoms with Crippen LogP contribution in [0, 0.1) is 6.92 Å². The first-order chi connectivity index (χ1) is 13.6. The summed E-state index contributed by atoms with van der Waals surface area (Å²) in [6.07, 6.45) is 5.44. The normalized spacial score (nSPS) is 13.4. The summed E-state index contributed by atoms with van der Waals surface area (Å²) < 4.78 is 8.02. The van der Waals surface area contributed by atoms with E-state index in [9.17, 15) is 4.79 Å². The molecule has 0 radical (unpaired) electrons. The number of benzene rings is 1. The third kappa shape index (κ3) is 4.01. The Labute approximate surface area is 171 Å². The number of aryl methyl sites for hydroxylation is 2. The number of fused-ring (bicyclic) bond motifs is 1. The molecule has 3 aromatic rings. The van der Waals surface area contributed by atoms with Crippen LogP contribution in [0.25, 0.3) is 5.69 Å². The number of rotatable bonds is 6. The van der Waals surface area contributed by atoms with E-state index in [1.54, 1.807) is 6.92 Å². The van der Waals surface area contributed by atoms with E-state index in [2.05, 4.69) is 36.5 Å². The average molecular weight is 444 g/mol. The summed E-state index contributed by atoms with van der Waals surface area (Å²) >= 11 is 3.52. The minimum atomic E-state index is -0.117. The van der Waals surface area contributed by atoms with Gasteiger partial charge < -0.3 is 9.84 Å². The van der Waals surface area contributed by atoms with Crippen LogP contribution in [0.5, 0.6) is 0 Å². The van der Waals surface area contributed by atoms with Crippen LogP contribution >= 0.6 is 15.9 Å². The Morgan fingerprint density at radius 3 is 2.96 bits per heavy atom. The third-order valence-corrected chi connectivity index (χ3v) is 5.36. The van der Waals surface area contributed by atoms with Crippen LogP contribution in [0.4, 0.5) is 0 Å². The molecular weight excluding hydrogens is 422 g/mol. The summed E-state index contributed by atoms with van der Waals surface area (Å²) in [7, 11) is 0. The van der Waals surface area contributed by atoms with Gasteiger partial charge in [-0.3, -0.25) is 4.79 Å². The molecule has 1 N–H and O–H groups in total. The lowest BCUT2D eigenvalue weighted by Gasteiger charge is -2.14. The van der Waals surface area contributed by atoms with Crippen molar-refractivity contribution >= 4 is 21.8 Å². The van der Waals surface area contributed by atoms with Crippen LogP contribution < -0.4 is 5.32 Å². The molecule has 4 rings (SSSR count). The third-order valence-electron chi connectivity index (χ3n) is 4.87. The smallest absolute Gasteiger partial charge is 0.272 e. The van der Waals surface area contributed by atoms with E-state index in [1.807, 2.05) is 28.9 Å². The van der Waals surface area contributed by atoms with Crippen molar-refractivity contribution in [3.63, 3.8) is 0 Å². The van der Waals surface area contributed by atoms with Gasteiger partial charge in [-0.2, -0.15) is 10.1 Å². The fourth-order valence-corrected chi connectivity index (χ4v) is 3.96. The van der Waals surface area contributed by atoms with Gasteiger partial charge in [-0.15, -0.1) is 0 Å². The number of hydrogen-bond donors (Lipinski definition) is 1. The van der Waals surface area contributed by atoms with E-state index in [0.29, 0.717) is 30.4 Å². The Bertz CT molecular complexity index is 994. The molecular formula is C20H22BrN5O2. The molecule has 0 spiro atoms. The van der Waals surface area contributed by atoms with Crippen LogP contribution in [0.1, 0.15) is 52.7 Å². The van der Waals surface area contributed by atoms with Gasteiger partial charge >= 0.3 is 0 Å². The van der Waals surface area contributed by atoms with Crippen molar-refractivity contribution in [3.05, 3.63) is 57.4 Å². The van der Waals surface area contributed by atoms with Crippen LogP contribution in [0.2, 0.25) is 0 Å². The largest absolute Gasteiger partial charge is 0.351 e. The monoisotopic (exact) mass is 443 g/mol. The number of amides is 1. The van der Waals surface area contributed by atoms with Gasteiger partial charge in [-0.1, -0.05) is 27.2 Å². The molecule has 1 amide bonds. The number of aromatic nitrogens is 4. The molecule has 1 aliphatic rings. The standard InChI is InChI=1S/C20H22BrN5O2/c1-13-23-18(28-25-13)10-5-11-22-20(27)19-16-8-2-3-9-17(16)26(24-19)15-7-4-6-14(21)12-15/h4,6-7,12H,2-3,5,8-11H2,1H3,(H,22,27). The lowest BCUT2D eigenvalue weighted by atomic mass is 9.95. The van der Waals surface area contributed by atoms with Crippen molar-refractivity contribution < 1.29 is 9.32 Å². The molecule has 0 saturated carbocycles. The summed E-state index contributed by atoms with van der Waals surface area (Å²) in [5, 5.41) is 11.4. The zero-order valence-electron chi connectivity index (χ0n) is 15.7. The fraction of sp³-hybridized carbons (Fsp3) is 0.400. The van der Waals surface area contributed by atoms with E-state index in [4.69, 9.17) is 4.52 Å². The lowest BCUT2D eigenvalue weighted by Crippen LogP contribution is -2.26. The number of halogens is 1. The summed E-state index contributed by atoms with van der Waals surface area (Å²) in [4.78, 5) is 17.0. The quantitative estimate of drug-likeness (QED) is 0.588. The highest BCUT2D eigenvalue weighted by atomic mass is 79.9. The van der Waals surface area contributed by atoms with Crippen LogP contribution in [0.15, 0.2) is 33.3 Å². The molecule has 28 heavy (non-hydrogen) atoms. The summed E-state index contributed by atoms with van der Waals surface area (Å²) in [5.41, 5.74) is 3.74. The first-order valence-electron chi connectivity index (χ1n) is 9.56. The van der Waals surface area contributed by atoms with Gasteiger partial charge in [0, 0.05) is 28.7 Å². The first kappa shape index (κ1) is 18.9. The second kappa shape index (κ2) is 8.26. The molecule has 8 heteroatoms. The molecule has 0 unspecified atom stereocenters. The summed E-state index contributed by atoms with van der Waals surface area (Å²) in [6.45, 7) is 2.33. The Kier molecular flexibility index (Phi) is 5.57. The molecule has 0 fully saturated rings. The van der Waals surface area contributed by atoms with Gasteiger partial charge in [0.1, 0.15) is 0 Å². The zero-order valence-corrected chi connectivity index (χ0v) is 17.3. The van der Waals surface area contributed by atoms with Gasteiger partial charge in [0.15, 0.2) is 11.5 Å². The fourth-order valence-electron chi connectivity index (χ4n) is 3.57. The number of hydrogen-bond acceptors (Lipinski definition) is 5. The molecule has 146 valence electrons. The van der Waals surface area contributed by atoms with E-state index in [0.717, 1.165) is 53.5 Å². The molecule has 0 saturated heterocycles. The van der Waals surface area contributed by atoms with Gasteiger partial charge in [-0.05, 0) is 57.2 Å². The molecule has 0 bridgehead atoms. The van der Waals surface area contributed by atoms with E-state index in [1.165, 1.54) is 0 Å². The van der Waals surface area contributed by atoms with E-state index < -0.39 is 0 Å². The van der Waals surface area contributed by atoms with Crippen LogP contribution in [0.3, 0.4) is 0 Å². The maximum Gasteiger partial charge on any atom is 0.272 e. The topological polar surface area (TPSA) is 85.8 Å². The Balaban J connectivity index is 1.48. The second-order valence-corrected chi connectivity index (χ2v) is 7.88. The molecule has 2 aromatic heterocycles. The number of nitrogens with one attached hydrogen (secondary N) is 1. The molecule has 1 aromatic carbocycles. The minimum absolute atomic E-state index is 0.117. The van der Waals surface area contributed by atoms with E-state index in [-0.39, 0.29) is 5.91 Å². The lowest BCUT2D eigenvalue weighted by molar-refractivity contribution is 0.0946. The van der Waals surface area contributed by atoms with Crippen molar-refractivity contribution in [3.8, 4) is 5.69 Å². The van der Waals surface area contributed by atoms with Crippen molar-refractivity contribution in [1.29, 1.82) is 0 Å². The Morgan fingerprint density at radius 1 is 1.32 bits per heavy atom. The van der Waals surface area contributed by atoms with Gasteiger partial charge in [0.2, 0.25) is 5.89 Å². The van der Waals surface area contributed by atoms with Gasteiger partial charge in [-0.25, -0.2) is 4.68 Å². The Morgan fingerprint density at radius 2 is 2.18 bits per heavy atom. The summed E-state index contributed by atoms with van der Waals surface area (Å²) in [6, 6.07) is 8.00. The predicted molar refractivity (Wildman–Crippen MR) is 108 cm³/mol. The van der Waals surface area contributed by atoms with Crippen molar-refractivity contribution in [1.82, 2.24) is 25.2 Å². The van der Waals surface area contributed by atoms with Crippen LogP contribution in [-0.2, 0) is 19.3 Å². The highest BCUT2D eigenvalue weighted by Gasteiger charge is 2.25. The number of nitrogens with zero attached hydrogens (tertiary/aromatic N) is 4. The average Bonchev–Trinajstić information content (AvgIpc) is 3.29. The van der Waals surface area contributed by atoms with Crippen molar-refractivity contribution in [2.45, 2.75) is 45.4 Å². The van der Waals surface area contributed by atoms with Gasteiger partial charge in [0.05, 0.1) is 5.69 Å². The SMILES string of the molecule is Cc1noc(CCCNC(=O)c2nn(-c3cccc(Br)c3)c3c2CCCC3)n1. The highest BCUT2D eigenvalue weighted by molar-refractivity contribution is 9.10. The van der Waals surface area contributed by atoms with Crippen LogP contribution in [-0.4, -0.2) is 32.4 Å². The van der Waals surface area contributed by atoms with Crippen molar-refractivity contribution in [2.75, 3.05) is 6.54 Å². The minimum Gasteiger partial charge on any atom is -0.351 e. The predicted octanol–water partition coefficient (Wildman–Crippen LogP) is 3.57. The maximum atomic E-state index is 12.8. The number of carbonyl (C=O) groups excluding carboxylic acids is 1. The molecule has 2 heterocycles. The number of carbonyl (C=O) groups is 1. The van der Waals surface area contributed by atoms with Gasteiger partial charge in [0.25, 0.3) is 5.91 Å². The van der Waals surface area contributed by atoms with E-state index >= 15 is 0 Å². The Hall–Kier alpha value is -2.48. The second-order valence-electron chi connectivity index (χ2n) is 6.97. The molecule has 0 atom stereocenters. The molecule has 0 aliphatic heterocycles. The summed E-state index contributed by atoms with van der Waals surface area (Å²) in [5.74, 6) is 1.11. The highest BCUT2D eigenvalue weighted by Crippen LogP contribution is 2.27.